The van der Waals surface area contributed by atoms with Gasteiger partial charge in [0.15, 0.2) is 11.5 Å². The van der Waals surface area contributed by atoms with E-state index in [9.17, 15) is 4.79 Å². The quantitative estimate of drug-likeness (QED) is 0.400. The van der Waals surface area contributed by atoms with Gasteiger partial charge in [-0.2, -0.15) is 5.10 Å². The van der Waals surface area contributed by atoms with Crippen molar-refractivity contribution in [1.29, 1.82) is 0 Å². The highest BCUT2D eigenvalue weighted by atomic mass is 16.7. The van der Waals surface area contributed by atoms with Crippen molar-refractivity contribution in [3.63, 3.8) is 0 Å². The number of rotatable bonds is 5. The third-order valence-electron chi connectivity index (χ3n) is 5.55. The van der Waals surface area contributed by atoms with Crippen molar-refractivity contribution in [2.45, 2.75) is 6.54 Å². The molecule has 0 atom stereocenters. The van der Waals surface area contributed by atoms with E-state index in [1.54, 1.807) is 52.2 Å². The van der Waals surface area contributed by atoms with Gasteiger partial charge in [-0.3, -0.25) is 19.0 Å². The molecule has 9 nitrogen and oxygen atoms in total. The first kappa shape index (κ1) is 20.0. The van der Waals surface area contributed by atoms with Gasteiger partial charge in [-0.05, 0) is 42.0 Å². The Hall–Kier alpha value is -4.66. The first-order valence-corrected chi connectivity index (χ1v) is 10.6. The van der Waals surface area contributed by atoms with Crippen molar-refractivity contribution in [1.82, 2.24) is 24.3 Å². The number of nitrogens with zero attached hydrogens (tertiary/aromatic N) is 5. The summed E-state index contributed by atoms with van der Waals surface area (Å²) in [4.78, 5) is 22.0. The summed E-state index contributed by atoms with van der Waals surface area (Å²) in [5.74, 6) is 2.53. The van der Waals surface area contributed by atoms with Gasteiger partial charge in [0.1, 0.15) is 11.5 Å². The number of aryl methyl sites for hydroxylation is 1. The predicted molar refractivity (Wildman–Crippen MR) is 124 cm³/mol. The first-order valence-electron chi connectivity index (χ1n) is 10.6. The third kappa shape index (κ3) is 3.73. The molecule has 2 aromatic carbocycles. The van der Waals surface area contributed by atoms with Crippen molar-refractivity contribution >= 4 is 10.9 Å². The number of pyridine rings is 1. The Morgan fingerprint density at radius 1 is 1.00 bits per heavy atom. The normalized spacial score (nSPS) is 12.3. The van der Waals surface area contributed by atoms with E-state index in [0.29, 0.717) is 40.4 Å². The van der Waals surface area contributed by atoms with Crippen LogP contribution in [0.3, 0.4) is 0 Å². The summed E-state index contributed by atoms with van der Waals surface area (Å²) in [5, 5.41) is 4.66. The van der Waals surface area contributed by atoms with Gasteiger partial charge in [-0.1, -0.05) is 6.07 Å². The number of hydrogen-bond donors (Lipinski definition) is 0. The van der Waals surface area contributed by atoms with Gasteiger partial charge in [0.25, 0.3) is 5.56 Å². The summed E-state index contributed by atoms with van der Waals surface area (Å²) < 4.78 is 20.1. The molecule has 9 heteroatoms. The fourth-order valence-electron chi connectivity index (χ4n) is 3.87. The fraction of sp³-hybridized carbons (Fsp3) is 0.120. The van der Waals surface area contributed by atoms with E-state index in [0.717, 1.165) is 16.8 Å². The van der Waals surface area contributed by atoms with E-state index in [1.807, 2.05) is 37.5 Å². The van der Waals surface area contributed by atoms with Gasteiger partial charge >= 0.3 is 0 Å². The fourth-order valence-corrected chi connectivity index (χ4v) is 3.87. The van der Waals surface area contributed by atoms with Gasteiger partial charge in [0.05, 0.1) is 35.7 Å². The van der Waals surface area contributed by atoms with E-state index in [-0.39, 0.29) is 12.4 Å². The molecule has 0 unspecified atom stereocenters. The molecule has 6 rings (SSSR count). The molecule has 34 heavy (non-hydrogen) atoms. The molecule has 4 heterocycles. The van der Waals surface area contributed by atoms with E-state index < -0.39 is 0 Å². The molecule has 0 fully saturated rings. The van der Waals surface area contributed by atoms with Crippen LogP contribution < -0.4 is 19.8 Å². The Kier molecular flexibility index (Phi) is 4.72. The van der Waals surface area contributed by atoms with Crippen LogP contribution in [0.15, 0.2) is 78.2 Å². The maximum absolute atomic E-state index is 13.2. The molecular formula is C25H19N5O4. The lowest BCUT2D eigenvalue weighted by atomic mass is 10.2. The van der Waals surface area contributed by atoms with Crippen LogP contribution in [0.1, 0.15) is 5.56 Å². The molecule has 0 bridgehead atoms. The van der Waals surface area contributed by atoms with Crippen molar-refractivity contribution in [2.24, 2.45) is 7.05 Å². The molecule has 168 valence electrons. The Balaban J connectivity index is 1.29. The van der Waals surface area contributed by atoms with Crippen LogP contribution in [0, 0.1) is 0 Å². The van der Waals surface area contributed by atoms with Gasteiger partial charge in [0.2, 0.25) is 6.79 Å². The minimum Gasteiger partial charge on any atom is -0.457 e. The Morgan fingerprint density at radius 3 is 2.76 bits per heavy atom. The zero-order chi connectivity index (χ0) is 23.1. The molecule has 3 aromatic heterocycles. The molecule has 0 spiro atoms. The second kappa shape index (κ2) is 8.04. The highest BCUT2D eigenvalue weighted by molar-refractivity contribution is 5.79. The predicted octanol–water partition coefficient (Wildman–Crippen LogP) is 3.76. The van der Waals surface area contributed by atoms with Crippen LogP contribution in [0.4, 0.5) is 0 Å². The second-order valence-electron chi connectivity index (χ2n) is 7.93. The number of aromatic nitrogens is 5. The molecule has 0 N–H and O–H groups in total. The minimum absolute atomic E-state index is 0.154. The largest absolute Gasteiger partial charge is 0.457 e. The SMILES string of the molecule is Cn1cc(-c2cc(Oc3ccc4ncn(Cc5ccc6c(c5)OCO6)c(=O)c4c3)ccn2)cn1. The molecule has 0 radical (unpaired) electrons. The standard InChI is InChI=1S/C25H19N5O4/c1-29-13-17(11-28-29)22-10-19(6-7-26-22)34-18-3-4-21-20(9-18)25(31)30(14-27-21)12-16-2-5-23-24(8-16)33-15-32-23/h2-11,13-14H,12,15H2,1H3. The lowest BCUT2D eigenvalue weighted by Crippen LogP contribution is -2.21. The topological polar surface area (TPSA) is 93.3 Å². The van der Waals surface area contributed by atoms with Crippen LogP contribution in [-0.4, -0.2) is 31.1 Å². The summed E-state index contributed by atoms with van der Waals surface area (Å²) in [5.41, 5.74) is 3.00. The lowest BCUT2D eigenvalue weighted by Gasteiger charge is -2.10. The van der Waals surface area contributed by atoms with Gasteiger partial charge < -0.3 is 14.2 Å². The average Bonchev–Trinajstić information content (AvgIpc) is 3.50. The Labute approximate surface area is 193 Å². The molecule has 0 saturated heterocycles. The molecule has 5 aromatic rings. The van der Waals surface area contributed by atoms with Crippen LogP contribution in [0.2, 0.25) is 0 Å². The van der Waals surface area contributed by atoms with Gasteiger partial charge in [-0.15, -0.1) is 0 Å². The second-order valence-corrected chi connectivity index (χ2v) is 7.93. The lowest BCUT2D eigenvalue weighted by molar-refractivity contribution is 0.174. The molecule has 1 aliphatic heterocycles. The zero-order valence-corrected chi connectivity index (χ0v) is 18.2. The summed E-state index contributed by atoms with van der Waals surface area (Å²) in [7, 11) is 1.85. The average molecular weight is 453 g/mol. The van der Waals surface area contributed by atoms with Crippen molar-refractivity contribution < 1.29 is 14.2 Å². The Bertz CT molecular complexity index is 1590. The number of hydrogen-bond acceptors (Lipinski definition) is 7. The van der Waals surface area contributed by atoms with Crippen LogP contribution >= 0.6 is 0 Å². The maximum Gasteiger partial charge on any atom is 0.261 e. The molecule has 1 aliphatic rings. The van der Waals surface area contributed by atoms with E-state index in [1.165, 1.54) is 0 Å². The van der Waals surface area contributed by atoms with E-state index in [2.05, 4.69) is 15.1 Å². The monoisotopic (exact) mass is 453 g/mol. The van der Waals surface area contributed by atoms with Crippen LogP contribution in [0.25, 0.3) is 22.2 Å². The molecule has 0 aliphatic carbocycles. The summed E-state index contributed by atoms with van der Waals surface area (Å²) in [6.07, 6.45) is 6.87. The van der Waals surface area contributed by atoms with Crippen molar-refractivity contribution in [3.05, 3.63) is 89.4 Å². The first-order chi connectivity index (χ1) is 16.6. The third-order valence-corrected chi connectivity index (χ3v) is 5.55. The number of ether oxygens (including phenoxy) is 3. The summed E-state index contributed by atoms with van der Waals surface area (Å²) >= 11 is 0. The van der Waals surface area contributed by atoms with Crippen LogP contribution in [0.5, 0.6) is 23.0 Å². The molecular weight excluding hydrogens is 434 g/mol. The maximum atomic E-state index is 13.2. The van der Waals surface area contributed by atoms with E-state index in [4.69, 9.17) is 14.2 Å². The van der Waals surface area contributed by atoms with Crippen molar-refractivity contribution in [2.75, 3.05) is 6.79 Å². The molecule has 0 amide bonds. The van der Waals surface area contributed by atoms with Crippen LogP contribution in [-0.2, 0) is 13.6 Å². The molecule has 0 saturated carbocycles. The summed E-state index contributed by atoms with van der Waals surface area (Å²) in [6, 6.07) is 14.5. The minimum atomic E-state index is -0.154. The van der Waals surface area contributed by atoms with Crippen molar-refractivity contribution in [3.8, 4) is 34.3 Å². The number of benzene rings is 2. The van der Waals surface area contributed by atoms with Gasteiger partial charge in [-0.25, -0.2) is 4.98 Å². The number of fused-ring (bicyclic) bond motifs is 2. The highest BCUT2D eigenvalue weighted by Gasteiger charge is 2.14. The Morgan fingerprint density at radius 2 is 1.88 bits per heavy atom. The zero-order valence-electron chi connectivity index (χ0n) is 18.2. The highest BCUT2D eigenvalue weighted by Crippen LogP contribution is 2.32. The van der Waals surface area contributed by atoms with Gasteiger partial charge in [0, 0.05) is 31.1 Å². The smallest absolute Gasteiger partial charge is 0.261 e. The summed E-state index contributed by atoms with van der Waals surface area (Å²) in [6.45, 7) is 0.572. The van der Waals surface area contributed by atoms with E-state index >= 15 is 0 Å².